The van der Waals surface area contributed by atoms with Crippen LogP contribution in [0.3, 0.4) is 0 Å². The molecular formula is C10H12N4S. The zero-order chi connectivity index (χ0) is 10.7. The number of nitrogens with zero attached hydrogens (tertiary/aromatic N) is 2. The van der Waals surface area contributed by atoms with E-state index in [2.05, 4.69) is 14.7 Å². The highest BCUT2D eigenvalue weighted by atomic mass is 32.1. The van der Waals surface area contributed by atoms with E-state index in [0.717, 1.165) is 22.2 Å². The predicted octanol–water partition coefficient (Wildman–Crippen LogP) is 2.05. The van der Waals surface area contributed by atoms with Crippen molar-refractivity contribution in [3.8, 4) is 0 Å². The molecule has 5 heteroatoms. The first-order valence-corrected chi connectivity index (χ1v) is 5.41. The third-order valence-electron chi connectivity index (χ3n) is 1.94. The summed E-state index contributed by atoms with van der Waals surface area (Å²) in [6.07, 6.45) is 0. The van der Waals surface area contributed by atoms with Crippen LogP contribution < -0.4 is 11.1 Å². The van der Waals surface area contributed by atoms with Gasteiger partial charge in [0.2, 0.25) is 5.13 Å². The molecule has 0 bridgehead atoms. The molecule has 0 radical (unpaired) electrons. The molecule has 0 unspecified atom stereocenters. The van der Waals surface area contributed by atoms with E-state index in [1.807, 2.05) is 31.2 Å². The number of hydrogen-bond acceptors (Lipinski definition) is 5. The molecule has 15 heavy (non-hydrogen) atoms. The van der Waals surface area contributed by atoms with Crippen LogP contribution in [0.1, 0.15) is 11.4 Å². The highest BCUT2D eigenvalue weighted by Gasteiger charge is 2.00. The van der Waals surface area contributed by atoms with Gasteiger partial charge in [-0.15, -0.1) is 0 Å². The Morgan fingerprint density at radius 2 is 2.33 bits per heavy atom. The molecule has 2 aromatic rings. The van der Waals surface area contributed by atoms with Gasteiger partial charge in [0.1, 0.15) is 5.82 Å². The lowest BCUT2D eigenvalue weighted by molar-refractivity contribution is 1.07. The van der Waals surface area contributed by atoms with Gasteiger partial charge in [0, 0.05) is 23.8 Å². The summed E-state index contributed by atoms with van der Waals surface area (Å²) in [5.74, 6) is 0.789. The smallest absolute Gasteiger partial charge is 0.207 e. The fourth-order valence-electron chi connectivity index (χ4n) is 1.25. The molecule has 0 saturated carbocycles. The minimum atomic E-state index is 0.546. The van der Waals surface area contributed by atoms with Gasteiger partial charge in [-0.1, -0.05) is 12.1 Å². The van der Waals surface area contributed by atoms with Crippen LogP contribution >= 0.6 is 11.5 Å². The quantitative estimate of drug-likeness (QED) is 0.831. The van der Waals surface area contributed by atoms with Crippen LogP contribution in [-0.2, 0) is 6.54 Å². The highest BCUT2D eigenvalue weighted by Crippen LogP contribution is 2.18. The Kier molecular flexibility index (Phi) is 2.94. The number of nitrogens with one attached hydrogen (secondary N) is 1. The molecule has 0 fully saturated rings. The van der Waals surface area contributed by atoms with Gasteiger partial charge in [0.05, 0.1) is 0 Å². The molecular weight excluding hydrogens is 208 g/mol. The van der Waals surface area contributed by atoms with E-state index >= 15 is 0 Å². The van der Waals surface area contributed by atoms with Gasteiger partial charge in [-0.2, -0.15) is 4.37 Å². The second kappa shape index (κ2) is 4.37. The molecule has 0 spiro atoms. The van der Waals surface area contributed by atoms with Crippen molar-refractivity contribution < 1.29 is 0 Å². The SMILES string of the molecule is Cc1nsc(Nc2cccc(CN)c2)n1. The monoisotopic (exact) mass is 220 g/mol. The Hall–Kier alpha value is -1.46. The van der Waals surface area contributed by atoms with Gasteiger partial charge in [-0.05, 0) is 24.6 Å². The maximum Gasteiger partial charge on any atom is 0.207 e. The van der Waals surface area contributed by atoms with Gasteiger partial charge in [-0.3, -0.25) is 0 Å². The van der Waals surface area contributed by atoms with Gasteiger partial charge in [-0.25, -0.2) is 4.98 Å². The van der Waals surface area contributed by atoms with E-state index in [9.17, 15) is 0 Å². The van der Waals surface area contributed by atoms with Gasteiger partial charge in [0.25, 0.3) is 0 Å². The maximum atomic E-state index is 5.56. The molecule has 0 aliphatic rings. The molecule has 0 aliphatic heterocycles. The van der Waals surface area contributed by atoms with Crippen molar-refractivity contribution in [3.63, 3.8) is 0 Å². The number of hydrogen-bond donors (Lipinski definition) is 2. The summed E-state index contributed by atoms with van der Waals surface area (Å²) in [5, 5.41) is 4.00. The van der Waals surface area contributed by atoms with Crippen molar-refractivity contribution in [2.24, 2.45) is 5.73 Å². The summed E-state index contributed by atoms with van der Waals surface area (Å²) in [6.45, 7) is 2.42. The van der Waals surface area contributed by atoms with E-state index < -0.39 is 0 Å². The molecule has 0 amide bonds. The number of nitrogens with two attached hydrogens (primary N) is 1. The van der Waals surface area contributed by atoms with Crippen LogP contribution in [0.2, 0.25) is 0 Å². The lowest BCUT2D eigenvalue weighted by Gasteiger charge is -2.03. The van der Waals surface area contributed by atoms with Crippen LogP contribution in [0.15, 0.2) is 24.3 Å². The lowest BCUT2D eigenvalue weighted by Crippen LogP contribution is -1.97. The zero-order valence-corrected chi connectivity index (χ0v) is 9.21. The van der Waals surface area contributed by atoms with Crippen molar-refractivity contribution in [2.45, 2.75) is 13.5 Å². The van der Waals surface area contributed by atoms with Crippen LogP contribution in [0.5, 0.6) is 0 Å². The van der Waals surface area contributed by atoms with Crippen LogP contribution in [0, 0.1) is 6.92 Å². The maximum absolute atomic E-state index is 5.56. The van der Waals surface area contributed by atoms with Crippen molar-refractivity contribution in [1.82, 2.24) is 9.36 Å². The van der Waals surface area contributed by atoms with Crippen molar-refractivity contribution in [2.75, 3.05) is 5.32 Å². The fourth-order valence-corrected chi connectivity index (χ4v) is 1.84. The van der Waals surface area contributed by atoms with E-state index in [-0.39, 0.29) is 0 Å². The molecule has 4 nitrogen and oxygen atoms in total. The van der Waals surface area contributed by atoms with Crippen LogP contribution in [-0.4, -0.2) is 9.36 Å². The Bertz CT molecular complexity index is 452. The first-order chi connectivity index (χ1) is 7.28. The number of rotatable bonds is 3. The number of aromatic nitrogens is 2. The van der Waals surface area contributed by atoms with E-state index in [4.69, 9.17) is 5.73 Å². The van der Waals surface area contributed by atoms with Crippen LogP contribution in [0.4, 0.5) is 10.8 Å². The van der Waals surface area contributed by atoms with Gasteiger partial charge in [0.15, 0.2) is 0 Å². The molecule has 0 aliphatic carbocycles. The largest absolute Gasteiger partial charge is 0.330 e. The summed E-state index contributed by atoms with van der Waals surface area (Å²) < 4.78 is 4.10. The Morgan fingerprint density at radius 1 is 1.47 bits per heavy atom. The number of anilines is 2. The molecule has 2 rings (SSSR count). The van der Waals surface area contributed by atoms with Crippen molar-refractivity contribution in [3.05, 3.63) is 35.7 Å². The first kappa shape index (κ1) is 10.1. The lowest BCUT2D eigenvalue weighted by atomic mass is 10.2. The summed E-state index contributed by atoms with van der Waals surface area (Å²) in [5.41, 5.74) is 7.66. The fraction of sp³-hybridized carbons (Fsp3) is 0.200. The molecule has 1 heterocycles. The summed E-state index contributed by atoms with van der Waals surface area (Å²) in [6, 6.07) is 7.96. The van der Waals surface area contributed by atoms with Crippen molar-refractivity contribution in [1.29, 1.82) is 0 Å². The standard InChI is InChI=1S/C10H12N4S/c1-7-12-10(15-14-7)13-9-4-2-3-8(5-9)6-11/h2-5H,6,11H2,1H3,(H,12,13,14). The van der Waals surface area contributed by atoms with E-state index in [1.165, 1.54) is 11.5 Å². The van der Waals surface area contributed by atoms with Gasteiger partial charge >= 0.3 is 0 Å². The second-order valence-electron chi connectivity index (χ2n) is 3.18. The summed E-state index contributed by atoms with van der Waals surface area (Å²) in [7, 11) is 0. The topological polar surface area (TPSA) is 63.8 Å². The molecule has 3 N–H and O–H groups in total. The van der Waals surface area contributed by atoms with Gasteiger partial charge < -0.3 is 11.1 Å². The van der Waals surface area contributed by atoms with Crippen LogP contribution in [0.25, 0.3) is 0 Å². The van der Waals surface area contributed by atoms with E-state index in [1.54, 1.807) is 0 Å². The zero-order valence-electron chi connectivity index (χ0n) is 8.40. The molecule has 0 atom stereocenters. The minimum absolute atomic E-state index is 0.546. The third kappa shape index (κ3) is 2.51. The molecule has 1 aromatic heterocycles. The summed E-state index contributed by atoms with van der Waals surface area (Å²) in [4.78, 5) is 4.23. The molecule has 78 valence electrons. The Labute approximate surface area is 92.3 Å². The molecule has 1 aromatic carbocycles. The number of benzene rings is 1. The average Bonchev–Trinajstić information content (AvgIpc) is 2.64. The normalized spacial score (nSPS) is 10.3. The highest BCUT2D eigenvalue weighted by molar-refractivity contribution is 7.09. The molecule has 0 saturated heterocycles. The second-order valence-corrected chi connectivity index (χ2v) is 3.93. The average molecular weight is 220 g/mol. The Balaban J connectivity index is 2.16. The minimum Gasteiger partial charge on any atom is -0.330 e. The third-order valence-corrected chi connectivity index (χ3v) is 2.66. The Morgan fingerprint density at radius 3 is 3.00 bits per heavy atom. The predicted molar refractivity (Wildman–Crippen MR) is 62.3 cm³/mol. The van der Waals surface area contributed by atoms with E-state index in [0.29, 0.717) is 6.54 Å². The van der Waals surface area contributed by atoms with Crippen molar-refractivity contribution >= 4 is 22.4 Å². The summed E-state index contributed by atoms with van der Waals surface area (Å²) >= 11 is 1.35. The first-order valence-electron chi connectivity index (χ1n) is 4.64. The number of aryl methyl sites for hydroxylation is 1.